The number of aromatic nitrogens is 1. The fourth-order valence-corrected chi connectivity index (χ4v) is 1.41. The van der Waals surface area contributed by atoms with E-state index in [1.165, 1.54) is 0 Å². The molecule has 1 aromatic rings. The van der Waals surface area contributed by atoms with Gasteiger partial charge >= 0.3 is 12.2 Å². The molecule has 112 valence electrons. The first-order valence-electron chi connectivity index (χ1n) is 5.75. The number of hydrogen-bond acceptors (Lipinski definition) is 6. The van der Waals surface area contributed by atoms with Gasteiger partial charge in [-0.05, 0) is 6.42 Å². The van der Waals surface area contributed by atoms with E-state index < -0.39 is 29.8 Å². The van der Waals surface area contributed by atoms with Gasteiger partial charge in [0.05, 0.1) is 6.20 Å². The Morgan fingerprint density at radius 3 is 2.76 bits per heavy atom. The second-order valence-corrected chi connectivity index (χ2v) is 3.96. The van der Waals surface area contributed by atoms with Crippen molar-refractivity contribution in [3.8, 4) is 0 Å². The van der Waals surface area contributed by atoms with Crippen molar-refractivity contribution in [2.24, 2.45) is 0 Å². The van der Waals surface area contributed by atoms with Crippen LogP contribution in [0.3, 0.4) is 0 Å². The summed E-state index contributed by atoms with van der Waals surface area (Å²) >= 11 is 0. The van der Waals surface area contributed by atoms with Gasteiger partial charge in [0, 0.05) is 6.42 Å². The number of Topliss-reactive ketones (excluding diaryl/α,β-unsaturated/α-hetero) is 1. The average molecular weight is 296 g/mol. The number of amides is 1. The number of carboxylic acids is 1. The van der Waals surface area contributed by atoms with Gasteiger partial charge in [0.2, 0.25) is 5.78 Å². The Morgan fingerprint density at radius 1 is 1.52 bits per heavy atom. The molecule has 0 saturated heterocycles. The Labute approximate surface area is 118 Å². The van der Waals surface area contributed by atoms with E-state index in [-0.39, 0.29) is 18.6 Å². The average Bonchev–Trinajstić information content (AvgIpc) is 2.96. The predicted molar refractivity (Wildman–Crippen MR) is 65.0 cm³/mol. The van der Waals surface area contributed by atoms with Crippen LogP contribution in [-0.4, -0.2) is 49.9 Å². The van der Waals surface area contributed by atoms with E-state index in [0.717, 1.165) is 12.6 Å². The lowest BCUT2D eigenvalue weighted by Crippen LogP contribution is -2.43. The van der Waals surface area contributed by atoms with Gasteiger partial charge in [-0.1, -0.05) is 0 Å². The lowest BCUT2D eigenvalue weighted by atomic mass is 10.1. The van der Waals surface area contributed by atoms with Crippen molar-refractivity contribution in [1.29, 1.82) is 0 Å². The Kier molecular flexibility index (Phi) is 5.93. The van der Waals surface area contributed by atoms with Crippen LogP contribution in [0.4, 0.5) is 0 Å². The molecule has 21 heavy (non-hydrogen) atoms. The van der Waals surface area contributed by atoms with Crippen molar-refractivity contribution in [1.82, 2.24) is 10.3 Å². The van der Waals surface area contributed by atoms with Crippen molar-refractivity contribution < 1.29 is 33.8 Å². The van der Waals surface area contributed by atoms with Gasteiger partial charge in [0.1, 0.15) is 6.04 Å². The van der Waals surface area contributed by atoms with E-state index in [1.807, 2.05) is 0 Å². The van der Waals surface area contributed by atoms with Crippen LogP contribution in [-0.2, 0) is 14.4 Å². The predicted octanol–water partition coefficient (Wildman–Crippen LogP) is -1.07. The highest BCUT2D eigenvalue weighted by Gasteiger charge is 2.27. The minimum absolute atomic E-state index is 0.139. The number of carboxylic acid groups (broad SMARTS) is 1. The zero-order valence-electron chi connectivity index (χ0n) is 10.7. The van der Waals surface area contributed by atoms with E-state index >= 15 is 0 Å². The minimum Gasteiger partial charge on any atom is -0.480 e. The topological polar surface area (TPSA) is 166 Å². The highest BCUT2D eigenvalue weighted by Crippen LogP contribution is 2.12. The number of aliphatic carboxylic acids is 1. The fourth-order valence-electron chi connectivity index (χ4n) is 1.41. The maximum Gasteiger partial charge on any atom is 0.326 e. The molecule has 1 aromatic heterocycles. The summed E-state index contributed by atoms with van der Waals surface area (Å²) < 4.78 is 4.72. The molecule has 0 radical (unpaired) electrons. The van der Waals surface area contributed by atoms with Crippen LogP contribution in [0.2, 0.25) is 0 Å². The van der Waals surface area contributed by atoms with Crippen molar-refractivity contribution in [2.75, 3.05) is 0 Å². The molecule has 0 aromatic carbocycles. The van der Waals surface area contributed by atoms with Gasteiger partial charge in [-0.15, -0.1) is 0 Å². The van der Waals surface area contributed by atoms with Crippen LogP contribution >= 0.6 is 0 Å². The van der Waals surface area contributed by atoms with Crippen LogP contribution in [0.15, 0.2) is 17.0 Å². The summed E-state index contributed by atoms with van der Waals surface area (Å²) in [4.78, 5) is 39.8. The monoisotopic (exact) mass is 296 g/mol. The third kappa shape index (κ3) is 4.97. The summed E-state index contributed by atoms with van der Waals surface area (Å²) in [6.07, 6.45) is 0.567. The van der Waals surface area contributed by atoms with Crippen molar-refractivity contribution in [3.05, 3.63) is 23.9 Å². The van der Waals surface area contributed by atoms with Crippen LogP contribution < -0.4 is 5.32 Å². The third-order valence-corrected chi connectivity index (χ3v) is 2.46. The van der Waals surface area contributed by atoms with Crippen LogP contribution in [0.25, 0.3) is 5.53 Å². The number of carbonyl (C=O) groups excluding carboxylic acids is 2. The molecule has 0 aliphatic rings. The van der Waals surface area contributed by atoms with E-state index in [1.54, 1.807) is 0 Å². The number of hydrogen-bond donors (Lipinski definition) is 3. The number of rotatable bonds is 8. The molecule has 0 spiro atoms. The van der Waals surface area contributed by atoms with Gasteiger partial charge in [-0.25, -0.2) is 9.78 Å². The minimum atomic E-state index is -1.70. The van der Waals surface area contributed by atoms with E-state index in [9.17, 15) is 19.5 Å². The second kappa shape index (κ2) is 7.68. The lowest BCUT2D eigenvalue weighted by molar-refractivity contribution is -0.144. The number of oxazole rings is 1. The molecule has 0 saturated carbocycles. The van der Waals surface area contributed by atoms with Crippen LogP contribution in [0.1, 0.15) is 24.7 Å². The van der Waals surface area contributed by atoms with E-state index in [2.05, 4.69) is 15.1 Å². The molecule has 0 bridgehead atoms. The van der Waals surface area contributed by atoms with Gasteiger partial charge < -0.3 is 25.5 Å². The zero-order chi connectivity index (χ0) is 15.8. The molecule has 0 aliphatic carbocycles. The summed E-state index contributed by atoms with van der Waals surface area (Å²) in [5.74, 6) is -3.11. The maximum absolute atomic E-state index is 11.7. The zero-order valence-corrected chi connectivity index (χ0v) is 10.7. The largest absolute Gasteiger partial charge is 0.480 e. The number of nitrogens with zero attached hydrogens (tertiary/aromatic N) is 3. The van der Waals surface area contributed by atoms with E-state index in [0.29, 0.717) is 6.21 Å². The summed E-state index contributed by atoms with van der Waals surface area (Å²) in [7, 11) is 0. The summed E-state index contributed by atoms with van der Waals surface area (Å²) in [6.45, 7) is 0. The number of carbonyl (C=O) groups is 3. The Bertz CT molecular complexity index is 563. The number of aliphatic hydroxyl groups excluding tert-OH is 1. The van der Waals surface area contributed by atoms with Crippen molar-refractivity contribution in [3.63, 3.8) is 0 Å². The maximum atomic E-state index is 11.7. The quantitative estimate of drug-likeness (QED) is 0.312. The van der Waals surface area contributed by atoms with Crippen molar-refractivity contribution >= 4 is 23.9 Å². The van der Waals surface area contributed by atoms with Crippen LogP contribution in [0.5, 0.6) is 0 Å². The molecule has 2 unspecified atom stereocenters. The van der Waals surface area contributed by atoms with Gasteiger partial charge in [0.15, 0.2) is 18.3 Å². The van der Waals surface area contributed by atoms with E-state index in [4.69, 9.17) is 15.1 Å². The summed E-state index contributed by atoms with van der Waals surface area (Å²) in [5, 5.41) is 20.6. The first kappa shape index (κ1) is 16.2. The molecule has 2 atom stereocenters. The molecule has 10 nitrogen and oxygen atoms in total. The first-order valence-corrected chi connectivity index (χ1v) is 5.75. The molecule has 1 rings (SSSR count). The normalized spacial score (nSPS) is 12.8. The Balaban J connectivity index is 2.61. The van der Waals surface area contributed by atoms with Gasteiger partial charge in [0.25, 0.3) is 5.91 Å². The van der Waals surface area contributed by atoms with Crippen LogP contribution in [0, 0.1) is 0 Å². The lowest BCUT2D eigenvalue weighted by Gasteiger charge is -2.15. The Morgan fingerprint density at radius 2 is 2.24 bits per heavy atom. The van der Waals surface area contributed by atoms with Crippen molar-refractivity contribution in [2.45, 2.75) is 25.0 Å². The number of aliphatic hydroxyl groups is 1. The Hall–Kier alpha value is -2.84. The summed E-state index contributed by atoms with van der Waals surface area (Å²) in [5.41, 5.74) is 8.15. The number of nitrogens with one attached hydrogen (secondary N) is 1. The summed E-state index contributed by atoms with van der Waals surface area (Å²) in [6, 6.07) is -1.38. The fraction of sp³-hybridized carbons (Fsp3) is 0.364. The molecule has 3 N–H and O–H groups in total. The van der Waals surface area contributed by atoms with Gasteiger partial charge in [-0.2, -0.15) is 4.79 Å². The molecule has 1 heterocycles. The smallest absolute Gasteiger partial charge is 0.326 e. The van der Waals surface area contributed by atoms with Gasteiger partial charge in [-0.3, -0.25) is 9.59 Å². The first-order chi connectivity index (χ1) is 9.95. The molecule has 0 aliphatic heterocycles. The highest BCUT2D eigenvalue weighted by atomic mass is 16.4. The molecular weight excluding hydrogens is 284 g/mol. The molecule has 0 fully saturated rings. The molecule has 10 heteroatoms. The molecule has 1 amide bonds. The highest BCUT2D eigenvalue weighted by molar-refractivity contribution is 6.25. The SMILES string of the molecule is [N-]=[N+]=CC(=O)CCC(NC(=O)C(O)c1cnco1)C(=O)O. The third-order valence-electron chi connectivity index (χ3n) is 2.46. The standard InChI is InChI=1S/C11H12N4O6/c12-14-3-6(16)1-2-7(11(19)20)15-10(18)9(17)8-4-13-5-21-8/h3-5,7,9,17H,1-2H2,(H,15,18)(H,19,20). The second-order valence-electron chi connectivity index (χ2n) is 3.96. The molecular formula is C11H12N4O6. The number of ketones is 1.